The van der Waals surface area contributed by atoms with E-state index in [9.17, 15) is 9.59 Å². The summed E-state index contributed by atoms with van der Waals surface area (Å²) in [5.74, 6) is 2.60. The number of hydrogen-bond donors (Lipinski definition) is 1. The number of piperidine rings is 3. The Morgan fingerprint density at radius 3 is 2.50 bits per heavy atom. The van der Waals surface area contributed by atoms with Crippen LogP contribution < -0.4 is 5.32 Å². The summed E-state index contributed by atoms with van der Waals surface area (Å²) in [7, 11) is 0. The first-order valence-electron chi connectivity index (χ1n) is 9.99. The van der Waals surface area contributed by atoms with Gasteiger partial charge in [-0.2, -0.15) is 0 Å². The third-order valence-electron chi connectivity index (χ3n) is 7.01. The zero-order chi connectivity index (χ0) is 18.1. The molecule has 2 unspecified atom stereocenters. The summed E-state index contributed by atoms with van der Waals surface area (Å²) in [5, 5.41) is 3.01. The highest BCUT2D eigenvalue weighted by molar-refractivity contribution is 5.79. The largest absolute Gasteiger partial charge is 0.436 e. The molecular formula is C20H29N3O3. The van der Waals surface area contributed by atoms with Crippen LogP contribution >= 0.6 is 0 Å². The van der Waals surface area contributed by atoms with E-state index in [-0.39, 0.29) is 36.1 Å². The SMILES string of the molecule is C#CCOC(=O)N1C2CCCC1CC(N1CCC3(CC1)CNC(=O)C3)C2. The van der Waals surface area contributed by atoms with Gasteiger partial charge in [0.05, 0.1) is 0 Å². The van der Waals surface area contributed by atoms with E-state index >= 15 is 0 Å². The summed E-state index contributed by atoms with van der Waals surface area (Å²) >= 11 is 0. The maximum Gasteiger partial charge on any atom is 0.411 e. The minimum absolute atomic E-state index is 0.0547. The fraction of sp³-hybridized carbons (Fsp3) is 0.800. The molecule has 2 amide bonds. The molecule has 4 saturated heterocycles. The van der Waals surface area contributed by atoms with Crippen molar-refractivity contribution in [2.45, 2.75) is 69.5 Å². The van der Waals surface area contributed by atoms with Crippen LogP contribution in [0.5, 0.6) is 0 Å². The summed E-state index contributed by atoms with van der Waals surface area (Å²) in [4.78, 5) is 28.6. The Morgan fingerprint density at radius 2 is 1.92 bits per heavy atom. The number of likely N-dealkylation sites (tertiary alicyclic amines) is 1. The van der Waals surface area contributed by atoms with Crippen molar-refractivity contribution in [3.8, 4) is 12.3 Å². The van der Waals surface area contributed by atoms with Crippen LogP contribution in [0.25, 0.3) is 0 Å². The van der Waals surface area contributed by atoms with Gasteiger partial charge in [0, 0.05) is 31.1 Å². The number of rotatable bonds is 2. The number of terminal acetylenes is 1. The molecule has 2 atom stereocenters. The second-order valence-electron chi connectivity index (χ2n) is 8.52. The molecule has 142 valence electrons. The van der Waals surface area contributed by atoms with Gasteiger partial charge < -0.3 is 19.9 Å². The molecule has 26 heavy (non-hydrogen) atoms. The lowest BCUT2D eigenvalue weighted by Gasteiger charge is -2.52. The zero-order valence-electron chi connectivity index (χ0n) is 15.4. The minimum Gasteiger partial charge on any atom is -0.436 e. The van der Waals surface area contributed by atoms with E-state index < -0.39 is 0 Å². The first kappa shape index (κ1) is 17.7. The van der Waals surface area contributed by atoms with Gasteiger partial charge in [-0.25, -0.2) is 4.79 Å². The molecular weight excluding hydrogens is 330 g/mol. The standard InChI is InChI=1S/C20H29N3O3/c1-2-10-26-19(25)23-15-4-3-5-16(23)12-17(11-15)22-8-6-20(7-9-22)13-18(24)21-14-20/h1,15-17H,3-14H2,(H,21,24). The van der Waals surface area contributed by atoms with Crippen LogP contribution in [0.2, 0.25) is 0 Å². The van der Waals surface area contributed by atoms with Gasteiger partial charge in [0.1, 0.15) is 0 Å². The highest BCUT2D eigenvalue weighted by Gasteiger charge is 2.46. The number of ether oxygens (including phenoxy) is 1. The van der Waals surface area contributed by atoms with Crippen molar-refractivity contribution < 1.29 is 14.3 Å². The van der Waals surface area contributed by atoms with Crippen LogP contribution in [-0.4, -0.2) is 66.2 Å². The number of nitrogens with one attached hydrogen (secondary N) is 1. The summed E-state index contributed by atoms with van der Waals surface area (Å²) < 4.78 is 5.22. The number of carbonyl (C=O) groups is 2. The molecule has 4 fully saturated rings. The van der Waals surface area contributed by atoms with Gasteiger partial charge in [0.2, 0.25) is 5.91 Å². The molecule has 0 aliphatic carbocycles. The van der Waals surface area contributed by atoms with Crippen LogP contribution in [-0.2, 0) is 9.53 Å². The van der Waals surface area contributed by atoms with E-state index in [4.69, 9.17) is 11.2 Å². The zero-order valence-corrected chi connectivity index (χ0v) is 15.4. The molecule has 0 aromatic carbocycles. The predicted octanol–water partition coefficient (Wildman–Crippen LogP) is 1.74. The fourth-order valence-corrected chi connectivity index (χ4v) is 5.60. The van der Waals surface area contributed by atoms with Crippen LogP contribution in [0.1, 0.15) is 51.4 Å². The molecule has 4 heterocycles. The van der Waals surface area contributed by atoms with Crippen molar-refractivity contribution in [1.29, 1.82) is 0 Å². The maximum absolute atomic E-state index is 12.4. The second kappa shape index (κ2) is 7.11. The average molecular weight is 359 g/mol. The monoisotopic (exact) mass is 359 g/mol. The molecule has 0 aromatic rings. The van der Waals surface area contributed by atoms with Crippen molar-refractivity contribution in [2.75, 3.05) is 26.2 Å². The summed E-state index contributed by atoms with van der Waals surface area (Å²) in [6.07, 6.45) is 13.3. The number of amides is 2. The van der Waals surface area contributed by atoms with Gasteiger partial charge in [0.25, 0.3) is 0 Å². The maximum atomic E-state index is 12.4. The van der Waals surface area contributed by atoms with Gasteiger partial charge >= 0.3 is 6.09 Å². The van der Waals surface area contributed by atoms with E-state index in [1.54, 1.807) is 0 Å². The van der Waals surface area contributed by atoms with Crippen molar-refractivity contribution in [3.05, 3.63) is 0 Å². The quantitative estimate of drug-likeness (QED) is 0.763. The average Bonchev–Trinajstić information content (AvgIpc) is 2.99. The highest BCUT2D eigenvalue weighted by Crippen LogP contribution is 2.41. The Balaban J connectivity index is 1.36. The van der Waals surface area contributed by atoms with Crippen LogP contribution in [0, 0.1) is 17.8 Å². The molecule has 0 saturated carbocycles. The Bertz CT molecular complexity index is 592. The van der Waals surface area contributed by atoms with Gasteiger partial charge in [-0.1, -0.05) is 5.92 Å². The molecule has 4 aliphatic rings. The molecule has 2 bridgehead atoms. The van der Waals surface area contributed by atoms with E-state index in [0.29, 0.717) is 12.5 Å². The summed E-state index contributed by atoms with van der Waals surface area (Å²) in [5.41, 5.74) is 0.198. The lowest BCUT2D eigenvalue weighted by Crippen LogP contribution is -2.60. The number of nitrogens with zero attached hydrogens (tertiary/aromatic N) is 2. The highest BCUT2D eigenvalue weighted by atomic mass is 16.6. The second-order valence-corrected chi connectivity index (χ2v) is 8.52. The van der Waals surface area contributed by atoms with Gasteiger partial charge in [-0.05, 0) is 63.5 Å². The van der Waals surface area contributed by atoms with Gasteiger partial charge in [-0.3, -0.25) is 4.79 Å². The third kappa shape index (κ3) is 3.29. The Labute approximate surface area is 155 Å². The Kier molecular flexibility index (Phi) is 4.83. The Hall–Kier alpha value is -1.74. The fourth-order valence-electron chi connectivity index (χ4n) is 5.60. The molecule has 0 aromatic heterocycles. The van der Waals surface area contributed by atoms with Crippen molar-refractivity contribution in [3.63, 3.8) is 0 Å². The first-order valence-corrected chi connectivity index (χ1v) is 9.99. The smallest absolute Gasteiger partial charge is 0.411 e. The molecule has 4 rings (SSSR count). The summed E-state index contributed by atoms with van der Waals surface area (Å²) in [6.45, 7) is 3.05. The van der Waals surface area contributed by atoms with Gasteiger partial charge in [0.15, 0.2) is 6.61 Å². The van der Waals surface area contributed by atoms with E-state index in [0.717, 1.165) is 58.2 Å². The lowest BCUT2D eigenvalue weighted by atomic mass is 9.75. The molecule has 0 radical (unpaired) electrons. The van der Waals surface area contributed by atoms with E-state index in [1.165, 1.54) is 6.42 Å². The number of hydrogen-bond acceptors (Lipinski definition) is 4. The van der Waals surface area contributed by atoms with Crippen LogP contribution in [0.4, 0.5) is 4.79 Å². The Morgan fingerprint density at radius 1 is 1.23 bits per heavy atom. The molecule has 6 nitrogen and oxygen atoms in total. The third-order valence-corrected chi connectivity index (χ3v) is 7.01. The minimum atomic E-state index is -0.232. The molecule has 1 N–H and O–H groups in total. The summed E-state index contributed by atoms with van der Waals surface area (Å²) in [6, 6.07) is 1.11. The normalized spacial score (nSPS) is 33.6. The molecule has 6 heteroatoms. The lowest BCUT2D eigenvalue weighted by molar-refractivity contribution is -0.119. The van der Waals surface area contributed by atoms with E-state index in [1.807, 2.05) is 4.90 Å². The van der Waals surface area contributed by atoms with Crippen molar-refractivity contribution in [1.82, 2.24) is 15.1 Å². The number of carbonyl (C=O) groups excluding carboxylic acids is 2. The predicted molar refractivity (Wildman–Crippen MR) is 97.3 cm³/mol. The van der Waals surface area contributed by atoms with Gasteiger partial charge in [-0.15, -0.1) is 6.42 Å². The van der Waals surface area contributed by atoms with Crippen LogP contribution in [0.3, 0.4) is 0 Å². The molecule has 1 spiro atoms. The first-order chi connectivity index (χ1) is 12.6. The van der Waals surface area contributed by atoms with Crippen molar-refractivity contribution >= 4 is 12.0 Å². The van der Waals surface area contributed by atoms with Crippen molar-refractivity contribution in [2.24, 2.45) is 5.41 Å². The van der Waals surface area contributed by atoms with E-state index in [2.05, 4.69) is 16.1 Å². The topological polar surface area (TPSA) is 61.9 Å². The molecule has 4 aliphatic heterocycles. The van der Waals surface area contributed by atoms with Crippen LogP contribution in [0.15, 0.2) is 0 Å². The number of fused-ring (bicyclic) bond motifs is 2.